The quantitative estimate of drug-likeness (QED) is 0.773. The molecule has 0 N–H and O–H groups in total. The van der Waals surface area contributed by atoms with E-state index >= 15 is 0 Å². The molecular formula is C13H10F7NO3. The van der Waals surface area contributed by atoms with E-state index in [1.807, 2.05) is 0 Å². The first kappa shape index (κ1) is 18.5. The molecule has 0 aromatic heterocycles. The fourth-order valence-electron chi connectivity index (χ4n) is 1.92. The van der Waals surface area contributed by atoms with Crippen molar-refractivity contribution in [2.75, 3.05) is 13.1 Å². The molecule has 0 aliphatic carbocycles. The summed E-state index contributed by atoms with van der Waals surface area (Å²) in [7, 11) is 0. The van der Waals surface area contributed by atoms with E-state index in [1.165, 1.54) is 0 Å². The number of benzene rings is 1. The van der Waals surface area contributed by atoms with E-state index in [4.69, 9.17) is 4.74 Å². The maximum atomic E-state index is 13.5. The Labute approximate surface area is 130 Å². The van der Waals surface area contributed by atoms with Gasteiger partial charge in [-0.2, -0.15) is 26.3 Å². The zero-order chi connectivity index (χ0) is 18.1. The van der Waals surface area contributed by atoms with Crippen LogP contribution in [-0.4, -0.2) is 36.4 Å². The van der Waals surface area contributed by atoms with Gasteiger partial charge in [0.15, 0.2) is 0 Å². The number of carbonyl (C=O) groups excluding carboxylic acids is 1. The molecule has 1 aromatic carbocycles. The van der Waals surface area contributed by atoms with Crippen molar-refractivity contribution in [2.45, 2.75) is 25.1 Å². The summed E-state index contributed by atoms with van der Waals surface area (Å²) in [6.45, 7) is -1.25. The molecule has 1 aromatic rings. The summed E-state index contributed by atoms with van der Waals surface area (Å²) in [5.41, 5.74) is -1.89. The highest BCUT2D eigenvalue weighted by Crippen LogP contribution is 2.33. The number of hydrogen-bond acceptors (Lipinski definition) is 4. The minimum atomic E-state index is -5.15. The Morgan fingerprint density at radius 3 is 2.33 bits per heavy atom. The lowest BCUT2D eigenvalue weighted by Gasteiger charge is -2.36. The Hall–Kier alpha value is -1.88. The van der Waals surface area contributed by atoms with Gasteiger partial charge in [-0.25, -0.2) is 9.18 Å². The molecule has 1 aliphatic rings. The second-order valence-electron chi connectivity index (χ2n) is 4.92. The third kappa shape index (κ3) is 4.35. The predicted molar refractivity (Wildman–Crippen MR) is 63.7 cm³/mol. The smallest absolute Gasteiger partial charge is 0.370 e. The highest BCUT2D eigenvalue weighted by atomic mass is 19.4. The fraction of sp³-hybridized carbons (Fsp3) is 0.462. The molecular weight excluding hydrogens is 351 g/mol. The first-order chi connectivity index (χ1) is 11.0. The van der Waals surface area contributed by atoms with Crippen molar-refractivity contribution in [3.05, 3.63) is 35.1 Å². The monoisotopic (exact) mass is 361 g/mol. The van der Waals surface area contributed by atoms with Crippen LogP contribution in [0, 0.1) is 5.82 Å². The van der Waals surface area contributed by atoms with Gasteiger partial charge in [-0.1, -0.05) is 6.07 Å². The van der Waals surface area contributed by atoms with Gasteiger partial charge < -0.3 is 9.57 Å². The van der Waals surface area contributed by atoms with E-state index in [2.05, 4.69) is 4.84 Å². The number of hydrogen-bond donors (Lipinski definition) is 0. The van der Waals surface area contributed by atoms with Crippen LogP contribution in [0.3, 0.4) is 0 Å². The van der Waals surface area contributed by atoms with Crippen LogP contribution in [0.5, 0.6) is 0 Å². The molecule has 0 saturated carbocycles. The highest BCUT2D eigenvalue weighted by molar-refractivity contribution is 5.75. The van der Waals surface area contributed by atoms with Crippen LogP contribution in [0.4, 0.5) is 30.7 Å². The van der Waals surface area contributed by atoms with E-state index in [0.29, 0.717) is 11.1 Å². The molecule has 0 atom stereocenters. The zero-order valence-corrected chi connectivity index (χ0v) is 11.7. The van der Waals surface area contributed by atoms with E-state index < -0.39 is 48.0 Å². The lowest BCUT2D eigenvalue weighted by molar-refractivity contribution is -0.269. The number of hydroxylamine groups is 2. The molecule has 2 rings (SSSR count). The van der Waals surface area contributed by atoms with Gasteiger partial charge in [-0.05, 0) is 12.1 Å². The number of halogens is 7. The second kappa shape index (κ2) is 6.55. The minimum Gasteiger partial charge on any atom is -0.370 e. The Bertz CT molecular complexity index is 609. The summed E-state index contributed by atoms with van der Waals surface area (Å²) < 4.78 is 92.8. The second-order valence-corrected chi connectivity index (χ2v) is 4.92. The van der Waals surface area contributed by atoms with Crippen molar-refractivity contribution < 1.29 is 45.1 Å². The van der Waals surface area contributed by atoms with Crippen LogP contribution in [0.1, 0.15) is 11.1 Å². The fourth-order valence-corrected chi connectivity index (χ4v) is 1.92. The molecule has 1 heterocycles. The van der Waals surface area contributed by atoms with Crippen molar-refractivity contribution in [1.29, 1.82) is 0 Å². The molecule has 1 aliphatic heterocycles. The van der Waals surface area contributed by atoms with Crippen molar-refractivity contribution in [2.24, 2.45) is 0 Å². The molecule has 4 nitrogen and oxygen atoms in total. The molecule has 1 fully saturated rings. The molecule has 0 unspecified atom stereocenters. The van der Waals surface area contributed by atoms with Gasteiger partial charge in [0.05, 0.1) is 31.4 Å². The van der Waals surface area contributed by atoms with Crippen molar-refractivity contribution in [3.63, 3.8) is 0 Å². The van der Waals surface area contributed by atoms with Gasteiger partial charge in [0.25, 0.3) is 0 Å². The number of rotatable bonds is 4. The summed E-state index contributed by atoms with van der Waals surface area (Å²) in [5.74, 6) is -3.51. The number of nitrogens with zero attached hydrogens (tertiary/aromatic N) is 1. The zero-order valence-electron chi connectivity index (χ0n) is 11.7. The summed E-state index contributed by atoms with van der Waals surface area (Å²) in [5, 5.41) is 0.645. The summed E-state index contributed by atoms with van der Waals surface area (Å²) >= 11 is 0. The van der Waals surface area contributed by atoms with Crippen LogP contribution in [-0.2, 0) is 27.2 Å². The normalized spacial score (nSPS) is 16.8. The Morgan fingerprint density at radius 1 is 1.17 bits per heavy atom. The van der Waals surface area contributed by atoms with Crippen LogP contribution in [0.2, 0.25) is 0 Å². The van der Waals surface area contributed by atoms with Gasteiger partial charge in [0, 0.05) is 5.56 Å². The standard InChI is InChI=1S/C13H10F7NO3/c14-10-3-1-2-9(12(15,16)17)8(10)6-23-7-4-21(5-7)24-11(22)13(18,19)20/h1-3,7H,4-6H2. The molecule has 1 saturated heterocycles. The van der Waals surface area contributed by atoms with Crippen molar-refractivity contribution in [3.8, 4) is 0 Å². The van der Waals surface area contributed by atoms with Crippen molar-refractivity contribution in [1.82, 2.24) is 5.06 Å². The maximum absolute atomic E-state index is 13.5. The summed E-state index contributed by atoms with van der Waals surface area (Å²) in [6, 6.07) is 2.44. The Balaban J connectivity index is 1.88. The third-order valence-corrected chi connectivity index (χ3v) is 3.15. The van der Waals surface area contributed by atoms with Crippen LogP contribution >= 0.6 is 0 Å². The first-order valence-corrected chi connectivity index (χ1v) is 6.48. The lowest BCUT2D eigenvalue weighted by atomic mass is 10.1. The molecule has 0 radical (unpaired) electrons. The van der Waals surface area contributed by atoms with Gasteiger partial charge in [0.2, 0.25) is 0 Å². The van der Waals surface area contributed by atoms with Crippen LogP contribution in [0.25, 0.3) is 0 Å². The van der Waals surface area contributed by atoms with Crippen molar-refractivity contribution >= 4 is 5.97 Å². The van der Waals surface area contributed by atoms with Gasteiger partial charge >= 0.3 is 18.3 Å². The summed E-state index contributed by atoms with van der Waals surface area (Å²) in [4.78, 5) is 14.5. The molecule has 0 bridgehead atoms. The molecule has 134 valence electrons. The molecule has 11 heteroatoms. The molecule has 0 amide bonds. The van der Waals surface area contributed by atoms with Gasteiger partial charge in [-0.3, -0.25) is 0 Å². The Kier molecular flexibility index (Phi) is 5.04. The summed E-state index contributed by atoms with van der Waals surface area (Å²) in [6.07, 6.45) is -10.7. The lowest BCUT2D eigenvalue weighted by Crippen LogP contribution is -2.53. The number of carbonyl (C=O) groups is 1. The molecule has 24 heavy (non-hydrogen) atoms. The topological polar surface area (TPSA) is 38.8 Å². The number of alkyl halides is 6. The van der Waals surface area contributed by atoms with E-state index in [1.54, 1.807) is 0 Å². The van der Waals surface area contributed by atoms with Gasteiger partial charge in [-0.15, -0.1) is 5.06 Å². The van der Waals surface area contributed by atoms with E-state index in [-0.39, 0.29) is 13.1 Å². The average Bonchev–Trinajstić information content (AvgIpc) is 2.39. The maximum Gasteiger partial charge on any atom is 0.492 e. The van der Waals surface area contributed by atoms with Gasteiger partial charge in [0.1, 0.15) is 5.82 Å². The van der Waals surface area contributed by atoms with Crippen LogP contribution in [0.15, 0.2) is 18.2 Å². The van der Waals surface area contributed by atoms with Crippen LogP contribution < -0.4 is 0 Å². The first-order valence-electron chi connectivity index (χ1n) is 6.48. The molecule has 0 spiro atoms. The average molecular weight is 361 g/mol. The highest BCUT2D eigenvalue weighted by Gasteiger charge is 2.44. The van der Waals surface area contributed by atoms with E-state index in [0.717, 1.165) is 12.1 Å². The third-order valence-electron chi connectivity index (χ3n) is 3.15. The van der Waals surface area contributed by atoms with E-state index in [9.17, 15) is 35.5 Å². The number of ether oxygens (including phenoxy) is 1. The SMILES string of the molecule is O=C(ON1CC(OCc2c(F)cccc2C(F)(F)F)C1)C(F)(F)F. The predicted octanol–water partition coefficient (Wildman–Crippen LogP) is 3.07. The minimum absolute atomic E-state index is 0.266. The Morgan fingerprint density at radius 2 is 1.79 bits per heavy atom. The largest absolute Gasteiger partial charge is 0.492 e.